The zero-order valence-electron chi connectivity index (χ0n) is 17.1. The Morgan fingerprint density at radius 3 is 2.81 bits per heavy atom. The Bertz CT molecular complexity index is 1050. The van der Waals surface area contributed by atoms with Crippen LogP contribution in [-0.2, 0) is 11.2 Å². The van der Waals surface area contributed by atoms with Crippen molar-refractivity contribution in [3.63, 3.8) is 0 Å². The highest BCUT2D eigenvalue weighted by Crippen LogP contribution is 2.26. The average Bonchev–Trinajstić information content (AvgIpc) is 2.76. The first-order valence-electron chi connectivity index (χ1n) is 9.49. The molecule has 0 bridgehead atoms. The second-order valence-electron chi connectivity index (χ2n) is 7.08. The van der Waals surface area contributed by atoms with Crippen molar-refractivity contribution in [1.29, 1.82) is 5.26 Å². The Morgan fingerprint density at radius 1 is 1.32 bits per heavy atom. The van der Waals surface area contributed by atoms with Crippen LogP contribution >= 0.6 is 11.6 Å². The largest absolute Gasteiger partial charge is 0.414 e. The van der Waals surface area contributed by atoms with Crippen LogP contribution in [0.3, 0.4) is 0 Å². The number of nitriles is 1. The van der Waals surface area contributed by atoms with Crippen molar-refractivity contribution in [2.75, 3.05) is 32.5 Å². The fourth-order valence-electron chi connectivity index (χ4n) is 2.86. The molecule has 0 radical (unpaired) electrons. The minimum absolute atomic E-state index is 0.0910. The van der Waals surface area contributed by atoms with E-state index in [4.69, 9.17) is 21.6 Å². The van der Waals surface area contributed by atoms with Gasteiger partial charge < -0.3 is 19.9 Å². The lowest BCUT2D eigenvalue weighted by Crippen LogP contribution is -2.25. The highest BCUT2D eigenvalue weighted by Gasteiger charge is 2.15. The van der Waals surface area contributed by atoms with Crippen LogP contribution in [0.5, 0.6) is 5.75 Å². The zero-order chi connectivity index (χ0) is 22.4. The number of carbonyl (C=O) groups is 2. The molecule has 31 heavy (non-hydrogen) atoms. The number of pyridine rings is 2. The van der Waals surface area contributed by atoms with E-state index in [1.165, 1.54) is 17.2 Å². The number of hydrogen-bond acceptors (Lipinski definition) is 7. The first kappa shape index (κ1) is 22.1. The lowest BCUT2D eigenvalue weighted by Gasteiger charge is -2.21. The van der Waals surface area contributed by atoms with Crippen molar-refractivity contribution >= 4 is 35.0 Å². The van der Waals surface area contributed by atoms with Gasteiger partial charge in [0.25, 0.3) is 0 Å². The molecule has 0 atom stereocenters. The van der Waals surface area contributed by atoms with Gasteiger partial charge in [0.15, 0.2) is 11.9 Å². The molecule has 3 heterocycles. The molecule has 1 aliphatic rings. The van der Waals surface area contributed by atoms with Gasteiger partial charge in [-0.25, -0.2) is 9.78 Å². The molecular formula is C21H21ClN6O3. The molecule has 160 valence electrons. The van der Waals surface area contributed by atoms with Gasteiger partial charge in [0, 0.05) is 32.9 Å². The van der Waals surface area contributed by atoms with Crippen LogP contribution in [0.25, 0.3) is 5.57 Å². The van der Waals surface area contributed by atoms with Gasteiger partial charge in [0.1, 0.15) is 10.8 Å². The summed E-state index contributed by atoms with van der Waals surface area (Å²) in [7, 11) is 3.09. The van der Waals surface area contributed by atoms with Gasteiger partial charge in [0.05, 0.1) is 24.9 Å². The Kier molecular flexibility index (Phi) is 7.05. The van der Waals surface area contributed by atoms with Crippen molar-refractivity contribution < 1.29 is 14.3 Å². The predicted octanol–water partition coefficient (Wildman–Crippen LogP) is 2.94. The molecule has 2 aromatic rings. The number of nitrogens with one attached hydrogen (secondary N) is 1. The maximum atomic E-state index is 12.4. The van der Waals surface area contributed by atoms with Crippen molar-refractivity contribution in [2.24, 2.45) is 0 Å². The Hall–Kier alpha value is -3.64. The number of anilines is 1. The summed E-state index contributed by atoms with van der Waals surface area (Å²) in [6, 6.07) is 5.06. The highest BCUT2D eigenvalue weighted by molar-refractivity contribution is 6.32. The summed E-state index contributed by atoms with van der Waals surface area (Å²) >= 11 is 6.00. The third-order valence-electron chi connectivity index (χ3n) is 4.46. The highest BCUT2D eigenvalue weighted by atomic mass is 35.5. The molecule has 1 N–H and O–H groups in total. The fraction of sp³-hybridized carbons (Fsp3) is 0.286. The van der Waals surface area contributed by atoms with Crippen LogP contribution in [-0.4, -0.2) is 59.0 Å². The van der Waals surface area contributed by atoms with Crippen LogP contribution < -0.4 is 10.1 Å². The number of halogens is 1. The number of rotatable bonds is 5. The third kappa shape index (κ3) is 5.93. The molecule has 0 saturated carbocycles. The van der Waals surface area contributed by atoms with Crippen molar-refractivity contribution in [1.82, 2.24) is 19.8 Å². The summed E-state index contributed by atoms with van der Waals surface area (Å²) in [6.45, 7) is 1.25. The third-order valence-corrected chi connectivity index (χ3v) is 4.74. The van der Waals surface area contributed by atoms with Gasteiger partial charge in [0.2, 0.25) is 5.91 Å². The SMILES string of the molecule is CN(C)C(=O)Oc1cc(NC(=O)Cc2ccc(C3=CCCN(C#N)C3)nc2)ncc1Cl. The van der Waals surface area contributed by atoms with Crippen LogP contribution in [0, 0.1) is 11.5 Å². The fourth-order valence-corrected chi connectivity index (χ4v) is 3.00. The Balaban J connectivity index is 1.61. The van der Waals surface area contributed by atoms with E-state index in [-0.39, 0.29) is 28.9 Å². The van der Waals surface area contributed by atoms with Crippen LogP contribution in [0.2, 0.25) is 5.02 Å². The molecule has 0 fully saturated rings. The van der Waals surface area contributed by atoms with E-state index in [0.29, 0.717) is 13.1 Å². The molecular weight excluding hydrogens is 420 g/mol. The summed E-state index contributed by atoms with van der Waals surface area (Å²) in [6.07, 6.45) is 7.47. The van der Waals surface area contributed by atoms with Gasteiger partial charge in [-0.3, -0.25) is 9.78 Å². The lowest BCUT2D eigenvalue weighted by atomic mass is 10.1. The van der Waals surface area contributed by atoms with Crippen molar-refractivity contribution in [3.8, 4) is 11.9 Å². The molecule has 0 saturated heterocycles. The summed E-state index contributed by atoms with van der Waals surface area (Å²) in [4.78, 5) is 35.5. The number of ether oxygens (including phenoxy) is 1. The van der Waals surface area contributed by atoms with E-state index in [1.807, 2.05) is 12.1 Å². The second kappa shape index (κ2) is 9.91. The minimum atomic E-state index is -0.595. The standard InChI is InChI=1S/C21H21ClN6O3/c1-27(2)21(30)31-18-9-19(25-11-16(18)22)26-20(29)8-14-5-6-17(24-10-14)15-4-3-7-28(12-15)13-23/h4-6,9-11H,3,7-8,12H2,1-2H3,(H,25,26,29). The van der Waals surface area contributed by atoms with Gasteiger partial charge >= 0.3 is 6.09 Å². The smallest absolute Gasteiger partial charge is 0.408 e. The minimum Gasteiger partial charge on any atom is -0.408 e. The number of carbonyl (C=O) groups excluding carboxylic acids is 2. The van der Waals surface area contributed by atoms with Gasteiger partial charge in [-0.15, -0.1) is 0 Å². The van der Waals surface area contributed by atoms with E-state index < -0.39 is 6.09 Å². The molecule has 2 aromatic heterocycles. The summed E-state index contributed by atoms with van der Waals surface area (Å²) < 4.78 is 5.16. The van der Waals surface area contributed by atoms with Crippen LogP contribution in [0.15, 0.2) is 36.7 Å². The first-order chi connectivity index (χ1) is 14.9. The number of aromatic nitrogens is 2. The first-order valence-corrected chi connectivity index (χ1v) is 9.87. The van der Waals surface area contributed by atoms with E-state index >= 15 is 0 Å². The van der Waals surface area contributed by atoms with Crippen molar-refractivity contribution in [3.05, 3.63) is 52.9 Å². The van der Waals surface area contributed by atoms with Gasteiger partial charge in [-0.05, 0) is 23.6 Å². The van der Waals surface area contributed by atoms with Gasteiger partial charge in [-0.2, -0.15) is 5.26 Å². The average molecular weight is 441 g/mol. The maximum absolute atomic E-state index is 12.4. The molecule has 10 heteroatoms. The Morgan fingerprint density at radius 2 is 2.13 bits per heavy atom. The monoisotopic (exact) mass is 440 g/mol. The number of amides is 2. The lowest BCUT2D eigenvalue weighted by molar-refractivity contribution is -0.115. The van der Waals surface area contributed by atoms with E-state index in [1.54, 1.807) is 25.2 Å². The summed E-state index contributed by atoms with van der Waals surface area (Å²) in [5.41, 5.74) is 2.51. The van der Waals surface area contributed by atoms with Crippen LogP contribution in [0.4, 0.5) is 10.6 Å². The van der Waals surface area contributed by atoms with Crippen LogP contribution in [0.1, 0.15) is 17.7 Å². The maximum Gasteiger partial charge on any atom is 0.414 e. The number of nitrogens with zero attached hydrogens (tertiary/aromatic N) is 5. The normalized spacial score (nSPS) is 13.1. The second-order valence-corrected chi connectivity index (χ2v) is 7.49. The zero-order valence-corrected chi connectivity index (χ0v) is 17.9. The van der Waals surface area contributed by atoms with Gasteiger partial charge in [-0.1, -0.05) is 23.7 Å². The topological polar surface area (TPSA) is 111 Å². The molecule has 9 nitrogen and oxygen atoms in total. The summed E-state index contributed by atoms with van der Waals surface area (Å²) in [5, 5.41) is 11.9. The number of hydrogen-bond donors (Lipinski definition) is 1. The van der Waals surface area contributed by atoms with E-state index in [0.717, 1.165) is 23.3 Å². The molecule has 0 unspecified atom stereocenters. The Labute approximate surface area is 184 Å². The predicted molar refractivity (Wildman–Crippen MR) is 115 cm³/mol. The summed E-state index contributed by atoms with van der Waals surface area (Å²) in [5.74, 6) is 0.00939. The molecule has 0 aliphatic carbocycles. The molecule has 0 spiro atoms. The molecule has 2 amide bonds. The molecule has 0 aromatic carbocycles. The molecule has 3 rings (SSSR count). The van der Waals surface area contributed by atoms with E-state index in [2.05, 4.69) is 27.6 Å². The van der Waals surface area contributed by atoms with Crippen molar-refractivity contribution in [2.45, 2.75) is 12.8 Å². The van der Waals surface area contributed by atoms with E-state index in [9.17, 15) is 9.59 Å². The molecule has 1 aliphatic heterocycles. The quantitative estimate of drug-likeness (QED) is 0.711.